The van der Waals surface area contributed by atoms with Gasteiger partial charge in [0.1, 0.15) is 0 Å². The van der Waals surface area contributed by atoms with Crippen molar-refractivity contribution in [1.82, 2.24) is 0 Å². The zero-order valence-electron chi connectivity index (χ0n) is 30.6. The molecule has 0 aliphatic carbocycles. The van der Waals surface area contributed by atoms with Crippen molar-refractivity contribution in [3.05, 3.63) is 121 Å². The quantitative estimate of drug-likeness (QED) is 0.0814. The normalized spacial score (nSPS) is 14.0. The van der Waals surface area contributed by atoms with Crippen LogP contribution in [0.2, 0.25) is 0 Å². The van der Waals surface area contributed by atoms with Gasteiger partial charge in [-0.15, -0.1) is 0 Å². The third-order valence-electron chi connectivity index (χ3n) is 8.97. The monoisotopic (exact) mass is 978 g/mol. The van der Waals surface area contributed by atoms with Gasteiger partial charge in [0.2, 0.25) is 0 Å². The lowest BCUT2D eigenvalue weighted by Crippen LogP contribution is -2.63. The first-order chi connectivity index (χ1) is 29.1. The molecule has 346 valence electrons. The van der Waals surface area contributed by atoms with Crippen LogP contribution in [0.15, 0.2) is 121 Å². The summed E-state index contributed by atoms with van der Waals surface area (Å²) in [6.07, 6.45) is -14.7. The van der Waals surface area contributed by atoms with Crippen LogP contribution in [-0.4, -0.2) is 63.4 Å². The van der Waals surface area contributed by atoms with Crippen molar-refractivity contribution in [1.29, 1.82) is 0 Å². The van der Waals surface area contributed by atoms with Crippen LogP contribution in [-0.2, 0) is 20.2 Å². The minimum absolute atomic E-state index is 0.0502. The Morgan fingerprint density at radius 1 is 0.297 bits per heavy atom. The van der Waals surface area contributed by atoms with Crippen molar-refractivity contribution in [3.8, 4) is 56.0 Å². The lowest BCUT2D eigenvalue weighted by atomic mass is 9.91. The van der Waals surface area contributed by atoms with E-state index in [1.54, 1.807) is 0 Å². The van der Waals surface area contributed by atoms with E-state index < -0.39 is 89.4 Å². The Labute approximate surface area is 347 Å². The van der Waals surface area contributed by atoms with Gasteiger partial charge in [0.25, 0.3) is 0 Å². The van der Waals surface area contributed by atoms with Gasteiger partial charge in [-0.1, -0.05) is 109 Å². The van der Waals surface area contributed by atoms with Gasteiger partial charge in [0.15, 0.2) is 11.5 Å². The number of benzene rings is 5. The van der Waals surface area contributed by atoms with Crippen LogP contribution in [0.4, 0.5) is 79.0 Å². The molecule has 5 aromatic rings. The first kappa shape index (κ1) is 49.4. The largest absolute Gasteiger partial charge is 0.460 e. The highest BCUT2D eigenvalue weighted by Gasteiger charge is 2.87. The summed E-state index contributed by atoms with van der Waals surface area (Å²) >= 11 is 0. The van der Waals surface area contributed by atoms with Gasteiger partial charge in [-0.2, -0.15) is 95.9 Å². The van der Waals surface area contributed by atoms with Crippen LogP contribution >= 0.6 is 0 Å². The fourth-order valence-electron chi connectivity index (χ4n) is 5.67. The molecule has 0 radical (unpaired) electrons. The van der Waals surface area contributed by atoms with Crippen molar-refractivity contribution in [2.24, 2.45) is 0 Å². The average molecular weight is 979 g/mol. The summed E-state index contributed by atoms with van der Waals surface area (Å²) in [4.78, 5) is 0. The van der Waals surface area contributed by atoms with Gasteiger partial charge < -0.3 is 8.37 Å². The summed E-state index contributed by atoms with van der Waals surface area (Å²) in [5, 5.41) is -14.4. The van der Waals surface area contributed by atoms with E-state index in [9.17, 15) is 95.9 Å². The van der Waals surface area contributed by atoms with E-state index in [1.165, 1.54) is 72.8 Å². The lowest BCUT2D eigenvalue weighted by Gasteiger charge is -2.32. The first-order valence-corrected chi connectivity index (χ1v) is 19.7. The maximum Gasteiger partial charge on any atom is 0.460 e. The second-order valence-corrected chi connectivity index (χ2v) is 16.2. The number of para-hydroxylation sites is 2. The minimum atomic E-state index is -7.59. The predicted molar refractivity (Wildman–Crippen MR) is 189 cm³/mol. The molecule has 0 unspecified atom stereocenters. The van der Waals surface area contributed by atoms with Crippen LogP contribution < -0.4 is 8.37 Å². The molecule has 0 amide bonds. The van der Waals surface area contributed by atoms with Crippen molar-refractivity contribution in [3.63, 3.8) is 0 Å². The first-order valence-electron chi connectivity index (χ1n) is 16.8. The molecule has 0 heterocycles. The Balaban J connectivity index is 1.52. The third kappa shape index (κ3) is 8.06. The Kier molecular flexibility index (Phi) is 12.4. The molecule has 0 bridgehead atoms. The van der Waals surface area contributed by atoms with E-state index in [0.29, 0.717) is 12.1 Å². The molecule has 0 aromatic heterocycles. The molecule has 0 aliphatic heterocycles. The maximum atomic E-state index is 14.6. The molecule has 0 fully saturated rings. The van der Waals surface area contributed by atoms with Crippen molar-refractivity contribution < 1.29 is 104 Å². The molecule has 0 N–H and O–H groups in total. The second kappa shape index (κ2) is 16.1. The topological polar surface area (TPSA) is 86.7 Å². The molecule has 5 rings (SSSR count). The van der Waals surface area contributed by atoms with Crippen LogP contribution in [0.25, 0.3) is 44.5 Å². The Hall–Kier alpha value is -5.66. The third-order valence-corrected chi connectivity index (χ3v) is 11.5. The number of alkyl halides is 18. The van der Waals surface area contributed by atoms with Gasteiger partial charge in [-0.3, -0.25) is 0 Å². The van der Waals surface area contributed by atoms with Gasteiger partial charge in [0, 0.05) is 11.1 Å². The number of halogens is 18. The molecule has 26 heteroatoms. The van der Waals surface area contributed by atoms with Gasteiger partial charge >= 0.3 is 66.8 Å². The van der Waals surface area contributed by atoms with Gasteiger partial charge in [0.05, 0.1) is 0 Å². The van der Waals surface area contributed by atoms with Crippen LogP contribution in [0, 0.1) is 0 Å². The average Bonchev–Trinajstić information content (AvgIpc) is 3.20. The molecule has 0 atom stereocenters. The summed E-state index contributed by atoms with van der Waals surface area (Å²) in [6.45, 7) is 0. The molecule has 0 saturated carbocycles. The highest BCUT2D eigenvalue weighted by Crippen LogP contribution is 2.57. The zero-order chi connectivity index (χ0) is 48.3. The molecule has 0 spiro atoms. The molecule has 64 heavy (non-hydrogen) atoms. The molecular weight excluding hydrogens is 959 g/mol. The SMILES string of the molecule is O=S(=O)(Oc1ccccc1-c1ccccc1-c1ccc(-c2ccccc2-c2ccccc2OS(=O)(=O)C(F)(F)C(F)(F)C(F)(F)C(F)(F)F)cc1)C(F)(F)C(F)(F)C(F)(F)C(F)(F)F. The van der Waals surface area contributed by atoms with Crippen molar-refractivity contribution >= 4 is 20.2 Å². The molecular formula is C38H20F18O6S2. The standard InChI is InChI=1S/C38H20F18O6S2/c39-31(40,35(47,48)49)33(43,44)37(53,54)63(57,58)61-29-15-7-5-13-27(29)25-11-3-1-9-23(25)21-17-19-22(20-18-21)24-10-2-4-12-26(24)28-14-6-8-16-30(28)62-64(59,60)38(55,56)34(45,46)32(41,42)36(50,51)52/h1-20H. The van der Waals surface area contributed by atoms with Crippen LogP contribution in [0.1, 0.15) is 0 Å². The second-order valence-electron chi connectivity index (χ2n) is 13.1. The molecule has 5 aromatic carbocycles. The van der Waals surface area contributed by atoms with E-state index in [1.807, 2.05) is 0 Å². The Morgan fingerprint density at radius 2 is 0.531 bits per heavy atom. The van der Waals surface area contributed by atoms with Crippen molar-refractivity contribution in [2.45, 2.75) is 46.6 Å². The number of rotatable bonds is 14. The number of hydrogen-bond acceptors (Lipinski definition) is 6. The Bertz CT molecular complexity index is 2570. The highest BCUT2D eigenvalue weighted by atomic mass is 32.2. The van der Waals surface area contributed by atoms with E-state index in [0.717, 1.165) is 36.4 Å². The summed E-state index contributed by atoms with van der Waals surface area (Å²) < 4.78 is 302. The zero-order valence-corrected chi connectivity index (χ0v) is 32.2. The van der Waals surface area contributed by atoms with Crippen molar-refractivity contribution in [2.75, 3.05) is 0 Å². The molecule has 6 nitrogen and oxygen atoms in total. The number of hydrogen-bond donors (Lipinski definition) is 0. The predicted octanol–water partition coefficient (Wildman–Crippen LogP) is 12.6. The van der Waals surface area contributed by atoms with E-state index in [-0.39, 0.29) is 33.4 Å². The smallest absolute Gasteiger partial charge is 0.377 e. The van der Waals surface area contributed by atoms with Crippen LogP contribution in [0.3, 0.4) is 0 Å². The summed E-state index contributed by atoms with van der Waals surface area (Å²) in [5.41, 5.74) is -0.956. The molecule has 0 aliphatic rings. The Morgan fingerprint density at radius 3 is 0.797 bits per heavy atom. The molecule has 0 saturated heterocycles. The fraction of sp³-hybridized carbons (Fsp3) is 0.211. The van der Waals surface area contributed by atoms with E-state index >= 15 is 0 Å². The fourth-order valence-corrected chi connectivity index (χ4v) is 7.53. The summed E-state index contributed by atoms with van der Waals surface area (Å²) in [6, 6.07) is 22.6. The highest BCUT2D eigenvalue weighted by molar-refractivity contribution is 7.88. The van der Waals surface area contributed by atoms with Gasteiger partial charge in [-0.25, -0.2) is 0 Å². The van der Waals surface area contributed by atoms with E-state index in [2.05, 4.69) is 8.37 Å². The van der Waals surface area contributed by atoms with Gasteiger partial charge in [-0.05, 0) is 45.5 Å². The lowest BCUT2D eigenvalue weighted by molar-refractivity contribution is -0.382. The van der Waals surface area contributed by atoms with E-state index in [4.69, 9.17) is 0 Å². The minimum Gasteiger partial charge on any atom is -0.377 e. The maximum absolute atomic E-state index is 14.6. The summed E-state index contributed by atoms with van der Waals surface area (Å²) in [7, 11) is -14.7. The summed E-state index contributed by atoms with van der Waals surface area (Å²) in [5.74, 6) is -32.8. The van der Waals surface area contributed by atoms with Crippen LogP contribution in [0.5, 0.6) is 11.5 Å².